The molecule has 0 spiro atoms. The summed E-state index contributed by atoms with van der Waals surface area (Å²) in [5.74, 6) is 0.716. The Morgan fingerprint density at radius 1 is 1.22 bits per heavy atom. The lowest BCUT2D eigenvalue weighted by Crippen LogP contribution is -1.88. The molecular weight excluding hydrogens is 264 g/mol. The summed E-state index contributed by atoms with van der Waals surface area (Å²) in [4.78, 5) is 0.971. The van der Waals surface area contributed by atoms with Gasteiger partial charge in [0.15, 0.2) is 0 Å². The molecule has 18 heavy (non-hydrogen) atoms. The Morgan fingerprint density at radius 2 is 2.00 bits per heavy atom. The second kappa shape index (κ2) is 5.81. The maximum absolute atomic E-state index is 9.00. The van der Waals surface area contributed by atoms with E-state index in [1.807, 2.05) is 36.4 Å². The molecule has 0 bridgehead atoms. The first-order valence-electron chi connectivity index (χ1n) is 5.36. The number of anilines is 1. The quantitative estimate of drug-likeness (QED) is 0.677. The van der Waals surface area contributed by atoms with Crippen molar-refractivity contribution in [1.29, 1.82) is 5.26 Å². The normalized spacial score (nSPS) is 10.0. The average Bonchev–Trinajstić information content (AvgIpc) is 2.38. The number of thioether (sulfide) groups is 1. The van der Waals surface area contributed by atoms with E-state index in [1.54, 1.807) is 17.8 Å². The molecule has 0 aliphatic heterocycles. The number of nitriles is 1. The van der Waals surface area contributed by atoms with Crippen molar-refractivity contribution < 1.29 is 0 Å². The molecule has 0 fully saturated rings. The predicted octanol–water partition coefficient (Wildman–Crippen LogP) is 4.09. The number of nitrogens with two attached hydrogens (primary N) is 1. The van der Waals surface area contributed by atoms with E-state index in [2.05, 4.69) is 6.07 Å². The minimum atomic E-state index is 0.648. The van der Waals surface area contributed by atoms with Gasteiger partial charge in [0.25, 0.3) is 0 Å². The molecule has 0 saturated carbocycles. The van der Waals surface area contributed by atoms with Crippen molar-refractivity contribution in [2.24, 2.45) is 0 Å². The lowest BCUT2D eigenvalue weighted by molar-refractivity contribution is 1.34. The minimum Gasteiger partial charge on any atom is -0.399 e. The van der Waals surface area contributed by atoms with Gasteiger partial charge in [-0.25, -0.2) is 0 Å². The third-order valence-electron chi connectivity index (χ3n) is 2.48. The number of hydrogen-bond donors (Lipinski definition) is 1. The second-order valence-electron chi connectivity index (χ2n) is 3.75. The molecule has 0 aliphatic carbocycles. The molecule has 0 saturated heterocycles. The SMILES string of the molecule is N#Cc1ccccc1CSc1ccc(N)cc1Cl. The lowest BCUT2D eigenvalue weighted by atomic mass is 10.1. The molecule has 0 amide bonds. The van der Waals surface area contributed by atoms with Crippen LogP contribution in [0.3, 0.4) is 0 Å². The van der Waals surface area contributed by atoms with Gasteiger partial charge in [0.1, 0.15) is 0 Å². The van der Waals surface area contributed by atoms with Gasteiger partial charge in [-0.15, -0.1) is 11.8 Å². The van der Waals surface area contributed by atoms with Gasteiger partial charge in [0.2, 0.25) is 0 Å². The van der Waals surface area contributed by atoms with Gasteiger partial charge in [0.05, 0.1) is 16.7 Å². The molecule has 0 aromatic heterocycles. The molecule has 0 heterocycles. The molecule has 4 heteroatoms. The molecule has 2 aromatic rings. The fourth-order valence-corrected chi connectivity index (χ4v) is 2.82. The minimum absolute atomic E-state index is 0.648. The van der Waals surface area contributed by atoms with Crippen LogP contribution < -0.4 is 5.73 Å². The van der Waals surface area contributed by atoms with E-state index < -0.39 is 0 Å². The van der Waals surface area contributed by atoms with Crippen LogP contribution in [-0.2, 0) is 5.75 Å². The maximum atomic E-state index is 9.00. The Hall–Kier alpha value is -1.63. The first-order valence-corrected chi connectivity index (χ1v) is 6.73. The zero-order valence-electron chi connectivity index (χ0n) is 9.56. The topological polar surface area (TPSA) is 49.8 Å². The van der Waals surface area contributed by atoms with Crippen molar-refractivity contribution in [3.8, 4) is 6.07 Å². The van der Waals surface area contributed by atoms with E-state index in [0.29, 0.717) is 22.0 Å². The predicted molar refractivity (Wildman–Crippen MR) is 76.6 cm³/mol. The number of benzene rings is 2. The van der Waals surface area contributed by atoms with Gasteiger partial charge in [-0.3, -0.25) is 0 Å². The zero-order chi connectivity index (χ0) is 13.0. The first-order chi connectivity index (χ1) is 8.70. The van der Waals surface area contributed by atoms with Crippen LogP contribution in [0, 0.1) is 11.3 Å². The van der Waals surface area contributed by atoms with Gasteiger partial charge in [-0.05, 0) is 29.8 Å². The van der Waals surface area contributed by atoms with Crippen molar-refractivity contribution in [3.05, 3.63) is 58.6 Å². The molecule has 2 nitrogen and oxygen atoms in total. The summed E-state index contributed by atoms with van der Waals surface area (Å²) in [6.07, 6.45) is 0. The second-order valence-corrected chi connectivity index (χ2v) is 5.17. The lowest BCUT2D eigenvalue weighted by Gasteiger charge is -2.06. The Bertz CT molecular complexity index is 605. The summed E-state index contributed by atoms with van der Waals surface area (Å²) in [7, 11) is 0. The molecule has 0 aliphatic rings. The van der Waals surface area contributed by atoms with E-state index in [0.717, 1.165) is 10.5 Å². The summed E-state index contributed by atoms with van der Waals surface area (Å²) in [5.41, 5.74) is 8.02. The van der Waals surface area contributed by atoms with E-state index in [9.17, 15) is 0 Å². The van der Waals surface area contributed by atoms with Gasteiger partial charge in [0, 0.05) is 16.3 Å². The zero-order valence-corrected chi connectivity index (χ0v) is 11.1. The molecule has 0 atom stereocenters. The molecule has 0 unspecified atom stereocenters. The fourth-order valence-electron chi connectivity index (χ4n) is 1.54. The van der Waals surface area contributed by atoms with Crippen LogP contribution in [0.15, 0.2) is 47.4 Å². The summed E-state index contributed by atoms with van der Waals surface area (Å²) >= 11 is 7.70. The Labute approximate surface area is 115 Å². The highest BCUT2D eigenvalue weighted by Crippen LogP contribution is 2.31. The monoisotopic (exact) mass is 274 g/mol. The highest BCUT2D eigenvalue weighted by atomic mass is 35.5. The van der Waals surface area contributed by atoms with Crippen LogP contribution in [0.4, 0.5) is 5.69 Å². The van der Waals surface area contributed by atoms with Crippen molar-refractivity contribution in [2.45, 2.75) is 10.6 Å². The molecule has 2 aromatic carbocycles. The van der Waals surface area contributed by atoms with Crippen molar-refractivity contribution in [1.82, 2.24) is 0 Å². The smallest absolute Gasteiger partial charge is 0.0994 e. The maximum Gasteiger partial charge on any atom is 0.0994 e. The third-order valence-corrected chi connectivity index (χ3v) is 4.02. The summed E-state index contributed by atoms with van der Waals surface area (Å²) in [6, 6.07) is 15.2. The Kier molecular flexibility index (Phi) is 4.14. The van der Waals surface area contributed by atoms with Crippen molar-refractivity contribution >= 4 is 29.1 Å². The van der Waals surface area contributed by atoms with Gasteiger partial charge in [-0.1, -0.05) is 29.8 Å². The van der Waals surface area contributed by atoms with Crippen LogP contribution in [-0.4, -0.2) is 0 Å². The fraction of sp³-hybridized carbons (Fsp3) is 0.0714. The molecule has 2 rings (SSSR count). The van der Waals surface area contributed by atoms with E-state index in [4.69, 9.17) is 22.6 Å². The molecule has 2 N–H and O–H groups in total. The van der Waals surface area contributed by atoms with Crippen LogP contribution in [0.25, 0.3) is 0 Å². The number of rotatable bonds is 3. The van der Waals surface area contributed by atoms with E-state index in [1.165, 1.54) is 0 Å². The largest absolute Gasteiger partial charge is 0.399 e. The van der Waals surface area contributed by atoms with Gasteiger partial charge in [-0.2, -0.15) is 5.26 Å². The van der Waals surface area contributed by atoms with Crippen LogP contribution >= 0.6 is 23.4 Å². The number of halogens is 1. The molecule has 0 radical (unpaired) electrons. The molecule has 90 valence electrons. The van der Waals surface area contributed by atoms with Gasteiger partial charge < -0.3 is 5.73 Å². The number of nitrogens with zero attached hydrogens (tertiary/aromatic N) is 1. The Morgan fingerprint density at radius 3 is 2.72 bits per heavy atom. The Balaban J connectivity index is 2.14. The number of nitrogen functional groups attached to an aromatic ring is 1. The van der Waals surface area contributed by atoms with E-state index in [-0.39, 0.29) is 0 Å². The third kappa shape index (κ3) is 2.98. The summed E-state index contributed by atoms with van der Waals surface area (Å²) in [5, 5.41) is 9.65. The van der Waals surface area contributed by atoms with Crippen LogP contribution in [0.2, 0.25) is 5.02 Å². The molecular formula is C14H11ClN2S. The van der Waals surface area contributed by atoms with Crippen molar-refractivity contribution in [3.63, 3.8) is 0 Å². The highest BCUT2D eigenvalue weighted by molar-refractivity contribution is 7.98. The average molecular weight is 275 g/mol. The van der Waals surface area contributed by atoms with E-state index >= 15 is 0 Å². The standard InChI is InChI=1S/C14H11ClN2S/c15-13-7-12(17)5-6-14(13)18-9-11-4-2-1-3-10(11)8-16/h1-7H,9,17H2. The number of hydrogen-bond acceptors (Lipinski definition) is 3. The van der Waals surface area contributed by atoms with Crippen LogP contribution in [0.5, 0.6) is 0 Å². The first kappa shape index (κ1) is 12.8. The van der Waals surface area contributed by atoms with Crippen LogP contribution in [0.1, 0.15) is 11.1 Å². The summed E-state index contributed by atoms with van der Waals surface area (Å²) < 4.78 is 0. The van der Waals surface area contributed by atoms with Gasteiger partial charge >= 0.3 is 0 Å². The highest BCUT2D eigenvalue weighted by Gasteiger charge is 2.05. The summed E-state index contributed by atoms with van der Waals surface area (Å²) in [6.45, 7) is 0. The van der Waals surface area contributed by atoms with Crippen molar-refractivity contribution in [2.75, 3.05) is 5.73 Å².